The molecule has 7 aromatic carbocycles. The average Bonchev–Trinajstić information content (AvgIpc) is 3.33. The number of benzene rings is 7. The summed E-state index contributed by atoms with van der Waals surface area (Å²) in [5, 5.41) is 6.26. The van der Waals surface area contributed by atoms with Crippen LogP contribution in [-0.4, -0.2) is 4.57 Å². The summed E-state index contributed by atoms with van der Waals surface area (Å²) >= 11 is 0. The molecule has 0 amide bonds. The first-order valence-corrected chi connectivity index (χ1v) is 13.2. The van der Waals surface area contributed by atoms with Gasteiger partial charge in [0.2, 0.25) is 0 Å². The second kappa shape index (κ2) is 8.72. The van der Waals surface area contributed by atoms with Crippen molar-refractivity contribution >= 4 is 43.4 Å². The molecule has 0 saturated heterocycles. The van der Waals surface area contributed by atoms with Gasteiger partial charge in [0.25, 0.3) is 0 Å². The maximum Gasteiger partial charge on any atom is 0.0623 e. The normalized spacial score (nSPS) is 12.7. The van der Waals surface area contributed by atoms with Gasteiger partial charge in [-0.15, -0.1) is 0 Å². The summed E-state index contributed by atoms with van der Waals surface area (Å²) in [6.07, 6.45) is 0. The fraction of sp³-hybridized carbons (Fsp3) is 0. The van der Waals surface area contributed by atoms with E-state index in [1.54, 1.807) is 0 Å². The lowest BCUT2D eigenvalue weighted by Gasteiger charge is -2.18. The zero-order valence-corrected chi connectivity index (χ0v) is 21.1. The fourth-order valence-corrected chi connectivity index (χ4v) is 6.15. The van der Waals surface area contributed by atoms with E-state index in [0.717, 1.165) is 71.3 Å². The lowest BCUT2D eigenvalue weighted by atomic mass is 9.86. The summed E-state index contributed by atoms with van der Waals surface area (Å²) in [4.78, 5) is 0. The highest BCUT2D eigenvalue weighted by Crippen LogP contribution is 2.44. The maximum atomic E-state index is 8.56. The van der Waals surface area contributed by atoms with Gasteiger partial charge in [-0.3, -0.25) is 0 Å². The highest BCUT2D eigenvalue weighted by Gasteiger charge is 2.18. The predicted octanol–water partition coefficient (Wildman–Crippen LogP) is 10.4. The largest absolute Gasteiger partial charge is 0.309 e. The van der Waals surface area contributed by atoms with E-state index in [1.807, 2.05) is 84.9 Å². The van der Waals surface area contributed by atoms with E-state index in [4.69, 9.17) is 4.11 Å². The molecule has 8 rings (SSSR count). The molecule has 1 nitrogen and oxygen atoms in total. The highest BCUT2D eigenvalue weighted by molar-refractivity contribution is 6.22. The minimum Gasteiger partial charge on any atom is -0.309 e. The number of rotatable bonds is 3. The number of nitrogens with zero attached hydrogens (tertiary/aromatic N) is 1. The molecule has 0 bridgehead atoms. The molecular weight excluding hydrogens is 470 g/mol. The van der Waals surface area contributed by atoms with Crippen LogP contribution in [0.5, 0.6) is 0 Å². The molecule has 0 aliphatic carbocycles. The van der Waals surface area contributed by atoms with Crippen LogP contribution in [0.3, 0.4) is 0 Å². The van der Waals surface area contributed by atoms with E-state index in [9.17, 15) is 0 Å². The molecule has 0 aliphatic rings. The van der Waals surface area contributed by atoms with Crippen LogP contribution < -0.4 is 0 Å². The quantitative estimate of drug-likeness (QED) is 0.214. The van der Waals surface area contributed by atoms with Crippen LogP contribution in [0.1, 0.15) is 4.11 Å². The second-order valence-corrected chi connectivity index (χ2v) is 9.91. The molecule has 0 fully saturated rings. The number of hydrogen-bond donors (Lipinski definition) is 0. The van der Waals surface area contributed by atoms with Gasteiger partial charge >= 0.3 is 0 Å². The van der Waals surface area contributed by atoms with Gasteiger partial charge in [0.1, 0.15) is 0 Å². The van der Waals surface area contributed by atoms with Crippen molar-refractivity contribution in [2.45, 2.75) is 0 Å². The van der Waals surface area contributed by atoms with E-state index in [0.29, 0.717) is 18.1 Å². The predicted molar refractivity (Wildman–Crippen MR) is 167 cm³/mol. The Kier molecular flexibility index (Phi) is 4.25. The van der Waals surface area contributed by atoms with Gasteiger partial charge in [0, 0.05) is 16.5 Å². The first kappa shape index (κ1) is 19.0. The molecule has 0 spiro atoms. The van der Waals surface area contributed by atoms with Crippen LogP contribution in [0.2, 0.25) is 0 Å². The van der Waals surface area contributed by atoms with Crippen LogP contribution in [-0.2, 0) is 0 Å². The van der Waals surface area contributed by atoms with Crippen molar-refractivity contribution in [1.29, 1.82) is 0 Å². The van der Waals surface area contributed by atoms with Gasteiger partial charge in [0.15, 0.2) is 0 Å². The molecule has 0 aliphatic heterocycles. The molecule has 0 radical (unpaired) electrons. The molecule has 1 aromatic heterocycles. The molecule has 1 heteroatoms. The van der Waals surface area contributed by atoms with Crippen molar-refractivity contribution in [2.24, 2.45) is 0 Å². The molecule has 0 atom stereocenters. The zero-order chi connectivity index (χ0) is 28.4. The summed E-state index contributed by atoms with van der Waals surface area (Å²) in [5.74, 6) is 0. The summed E-state index contributed by atoms with van der Waals surface area (Å²) in [5.41, 5.74) is 7.49. The molecule has 1 heterocycles. The standard InChI is InChI=1S/C38H25N/c1-3-13-26(14-4-1)37-30-18-7-9-20-32(30)38(33-21-10-8-19-31(33)37)27-23-24-36-34(25-27)29-17-11-12-22-35(29)39(36)28-15-5-2-6-16-28/h1-25H/i7D,10D,11D. The molecule has 39 heavy (non-hydrogen) atoms. The van der Waals surface area contributed by atoms with Gasteiger partial charge in [-0.2, -0.15) is 0 Å². The van der Waals surface area contributed by atoms with E-state index in [-0.39, 0.29) is 0 Å². The molecule has 8 aromatic rings. The van der Waals surface area contributed by atoms with Gasteiger partial charge in [-0.1, -0.05) is 121 Å². The van der Waals surface area contributed by atoms with Crippen LogP contribution >= 0.6 is 0 Å². The third-order valence-electron chi connectivity index (χ3n) is 7.78. The summed E-state index contributed by atoms with van der Waals surface area (Å²) in [7, 11) is 0. The third kappa shape index (κ3) is 3.34. The number of para-hydroxylation sites is 2. The average molecular weight is 499 g/mol. The maximum absolute atomic E-state index is 8.56. The lowest BCUT2D eigenvalue weighted by molar-refractivity contribution is 1.18. The lowest BCUT2D eigenvalue weighted by Crippen LogP contribution is -1.93. The topological polar surface area (TPSA) is 4.93 Å². The smallest absolute Gasteiger partial charge is 0.0623 e. The second-order valence-electron chi connectivity index (χ2n) is 9.91. The fourth-order valence-electron chi connectivity index (χ4n) is 6.15. The van der Waals surface area contributed by atoms with Gasteiger partial charge in [-0.25, -0.2) is 0 Å². The Balaban J connectivity index is 1.51. The number of hydrogen-bond acceptors (Lipinski definition) is 0. The van der Waals surface area contributed by atoms with Crippen molar-refractivity contribution < 1.29 is 4.11 Å². The van der Waals surface area contributed by atoms with Gasteiger partial charge in [-0.05, 0) is 74.1 Å². The minimum absolute atomic E-state index is 0.458. The Morgan fingerprint density at radius 3 is 1.62 bits per heavy atom. The van der Waals surface area contributed by atoms with E-state index in [2.05, 4.69) is 53.1 Å². The van der Waals surface area contributed by atoms with Crippen LogP contribution in [0.15, 0.2) is 152 Å². The summed E-state index contributed by atoms with van der Waals surface area (Å²) in [6, 6.07) is 46.2. The Morgan fingerprint density at radius 1 is 0.385 bits per heavy atom. The molecule has 0 unspecified atom stereocenters. The Morgan fingerprint density at radius 2 is 0.923 bits per heavy atom. The van der Waals surface area contributed by atoms with Crippen molar-refractivity contribution in [3.63, 3.8) is 0 Å². The van der Waals surface area contributed by atoms with E-state index in [1.165, 1.54) is 0 Å². The van der Waals surface area contributed by atoms with Gasteiger partial charge in [0.05, 0.1) is 15.1 Å². The van der Waals surface area contributed by atoms with Crippen molar-refractivity contribution in [2.75, 3.05) is 0 Å². The summed E-state index contributed by atoms with van der Waals surface area (Å²) < 4.78 is 27.7. The summed E-state index contributed by atoms with van der Waals surface area (Å²) in [6.45, 7) is 0. The molecular formula is C38H25N. The Labute approximate surface area is 231 Å². The SMILES string of the molecule is [2H]c1ccc2c(-c3ccc4c(c3)c3cc([2H])ccc3n4-c3ccccc3)c3cc([2H])ccc3c(-c3ccccc3)c2c1. The van der Waals surface area contributed by atoms with Crippen LogP contribution in [0.4, 0.5) is 0 Å². The van der Waals surface area contributed by atoms with Crippen molar-refractivity contribution in [3.05, 3.63) is 152 Å². The van der Waals surface area contributed by atoms with Crippen LogP contribution in [0, 0.1) is 0 Å². The minimum atomic E-state index is 0.458. The monoisotopic (exact) mass is 498 g/mol. The number of fused-ring (bicyclic) bond motifs is 5. The Bertz CT molecular complexity index is 2320. The van der Waals surface area contributed by atoms with Crippen molar-refractivity contribution in [1.82, 2.24) is 4.57 Å². The van der Waals surface area contributed by atoms with E-state index >= 15 is 0 Å². The first-order chi connectivity index (χ1) is 20.6. The third-order valence-corrected chi connectivity index (χ3v) is 7.78. The molecule has 182 valence electrons. The number of aromatic nitrogens is 1. The van der Waals surface area contributed by atoms with Crippen LogP contribution in [0.25, 0.3) is 71.3 Å². The Hall–Kier alpha value is -5.14. The first-order valence-electron chi connectivity index (χ1n) is 14.7. The zero-order valence-electron chi connectivity index (χ0n) is 24.1. The van der Waals surface area contributed by atoms with Gasteiger partial charge < -0.3 is 4.57 Å². The molecule has 0 saturated carbocycles. The highest BCUT2D eigenvalue weighted by atomic mass is 15.0. The molecule has 0 N–H and O–H groups in total. The van der Waals surface area contributed by atoms with Crippen molar-refractivity contribution in [3.8, 4) is 27.9 Å². The van der Waals surface area contributed by atoms with E-state index < -0.39 is 0 Å².